The topological polar surface area (TPSA) is 73.2 Å². The number of nitriles is 1. The lowest BCUT2D eigenvalue weighted by molar-refractivity contribution is 0.435. The molecule has 5 nitrogen and oxygen atoms in total. The van der Waals surface area contributed by atoms with Crippen LogP contribution in [0.4, 0.5) is 0 Å². The molecule has 0 saturated carbocycles. The van der Waals surface area contributed by atoms with E-state index in [9.17, 15) is 8.42 Å². The summed E-state index contributed by atoms with van der Waals surface area (Å²) in [6.07, 6.45) is 0. The molecule has 6 heteroatoms. The molecule has 0 saturated heterocycles. The molecule has 0 radical (unpaired) electrons. The summed E-state index contributed by atoms with van der Waals surface area (Å²) in [6.45, 7) is 1.51. The Hall–Kier alpha value is -0.640. The first-order valence-corrected chi connectivity index (χ1v) is 4.46. The zero-order chi connectivity index (χ0) is 9.07. The van der Waals surface area contributed by atoms with Gasteiger partial charge in [-0.25, -0.2) is 4.72 Å². The third kappa shape index (κ3) is 2.46. The first-order valence-electron chi connectivity index (χ1n) is 3.02. The van der Waals surface area contributed by atoms with Crippen LogP contribution in [0.3, 0.4) is 0 Å². The van der Waals surface area contributed by atoms with Crippen molar-refractivity contribution in [2.75, 3.05) is 14.1 Å². The van der Waals surface area contributed by atoms with Crippen LogP contribution < -0.4 is 4.72 Å². The van der Waals surface area contributed by atoms with Gasteiger partial charge in [0.15, 0.2) is 0 Å². The molecule has 1 unspecified atom stereocenters. The first kappa shape index (κ1) is 10.4. The Morgan fingerprint density at radius 2 is 2.09 bits per heavy atom. The van der Waals surface area contributed by atoms with Crippen LogP contribution in [0.15, 0.2) is 0 Å². The molecule has 1 atom stereocenters. The molecular formula is C5H11N3O2S. The quantitative estimate of drug-likeness (QED) is 0.619. The number of hydrogen-bond acceptors (Lipinski definition) is 3. The van der Waals surface area contributed by atoms with Gasteiger partial charge in [0.25, 0.3) is 10.2 Å². The second kappa shape index (κ2) is 3.67. The summed E-state index contributed by atoms with van der Waals surface area (Å²) in [7, 11) is -0.800. The van der Waals surface area contributed by atoms with E-state index < -0.39 is 16.3 Å². The largest absolute Gasteiger partial charge is 0.280 e. The van der Waals surface area contributed by atoms with Crippen molar-refractivity contribution >= 4 is 10.2 Å². The third-order valence-corrected chi connectivity index (χ3v) is 2.96. The van der Waals surface area contributed by atoms with Gasteiger partial charge in [-0.1, -0.05) is 0 Å². The smallest absolute Gasteiger partial charge is 0.205 e. The van der Waals surface area contributed by atoms with Crippen molar-refractivity contribution in [2.45, 2.75) is 13.0 Å². The van der Waals surface area contributed by atoms with E-state index in [1.807, 2.05) is 6.07 Å². The highest BCUT2D eigenvalue weighted by Gasteiger charge is 2.20. The minimum absolute atomic E-state index is 0.646. The number of hydrogen-bond donors (Lipinski definition) is 1. The number of nitrogens with one attached hydrogen (secondary N) is 1. The van der Waals surface area contributed by atoms with Gasteiger partial charge in [-0.2, -0.15) is 18.0 Å². The second-order valence-electron chi connectivity index (χ2n) is 2.03. The Balaban J connectivity index is 4.52. The molecule has 11 heavy (non-hydrogen) atoms. The lowest BCUT2D eigenvalue weighted by Crippen LogP contribution is -2.40. The van der Waals surface area contributed by atoms with Crippen molar-refractivity contribution in [3.8, 4) is 6.07 Å². The van der Waals surface area contributed by atoms with Crippen molar-refractivity contribution in [1.29, 1.82) is 5.26 Å². The highest BCUT2D eigenvalue weighted by Crippen LogP contribution is 1.98. The average molecular weight is 177 g/mol. The molecule has 0 rings (SSSR count). The molecule has 0 aromatic heterocycles. The number of nitrogens with zero attached hydrogens (tertiary/aromatic N) is 2. The fourth-order valence-electron chi connectivity index (χ4n) is 0.433. The van der Waals surface area contributed by atoms with Gasteiger partial charge in [-0.15, -0.1) is 0 Å². The second-order valence-corrected chi connectivity index (χ2v) is 3.96. The zero-order valence-electron chi connectivity index (χ0n) is 6.70. The van der Waals surface area contributed by atoms with Crippen molar-refractivity contribution < 1.29 is 8.42 Å². The molecule has 1 N–H and O–H groups in total. The Kier molecular flexibility index (Phi) is 3.45. The van der Waals surface area contributed by atoms with Gasteiger partial charge in [0.05, 0.1) is 6.07 Å². The fourth-order valence-corrected chi connectivity index (χ4v) is 1.18. The summed E-state index contributed by atoms with van der Waals surface area (Å²) < 4.78 is 25.0. The molecule has 0 fully saturated rings. The van der Waals surface area contributed by atoms with Crippen molar-refractivity contribution in [1.82, 2.24) is 9.03 Å². The zero-order valence-corrected chi connectivity index (χ0v) is 7.51. The molecule has 0 aromatic carbocycles. The van der Waals surface area contributed by atoms with E-state index in [0.29, 0.717) is 0 Å². The number of rotatable bonds is 3. The van der Waals surface area contributed by atoms with Crippen LogP contribution in [0.1, 0.15) is 6.92 Å². The van der Waals surface area contributed by atoms with Crippen LogP contribution in [0.2, 0.25) is 0 Å². The van der Waals surface area contributed by atoms with Crippen molar-refractivity contribution in [3.63, 3.8) is 0 Å². The summed E-state index contributed by atoms with van der Waals surface area (Å²) in [5.74, 6) is 0. The van der Waals surface area contributed by atoms with Gasteiger partial charge in [0, 0.05) is 14.1 Å². The maximum atomic E-state index is 11.0. The van der Waals surface area contributed by atoms with Gasteiger partial charge in [0.2, 0.25) is 0 Å². The molecule has 0 spiro atoms. The SMILES string of the molecule is CNS(=O)(=O)N(C)C(C)C#N. The third-order valence-electron chi connectivity index (χ3n) is 1.37. The summed E-state index contributed by atoms with van der Waals surface area (Å²) >= 11 is 0. The maximum absolute atomic E-state index is 11.0. The monoisotopic (exact) mass is 177 g/mol. The van der Waals surface area contributed by atoms with Gasteiger partial charge in [0.1, 0.15) is 6.04 Å². The Bertz CT molecular complexity index is 253. The molecule has 0 amide bonds. The average Bonchev–Trinajstić information content (AvgIpc) is 2.01. The van der Waals surface area contributed by atoms with Crippen LogP contribution in [0.25, 0.3) is 0 Å². The molecule has 0 aliphatic carbocycles. The van der Waals surface area contributed by atoms with Gasteiger partial charge < -0.3 is 0 Å². The van der Waals surface area contributed by atoms with Gasteiger partial charge in [-0.05, 0) is 6.92 Å². The van der Waals surface area contributed by atoms with E-state index in [2.05, 4.69) is 4.72 Å². The van der Waals surface area contributed by atoms with Crippen LogP contribution >= 0.6 is 0 Å². The van der Waals surface area contributed by atoms with Gasteiger partial charge in [-0.3, -0.25) is 0 Å². The molecule has 0 aliphatic rings. The minimum Gasteiger partial charge on any atom is -0.205 e. The van der Waals surface area contributed by atoms with E-state index >= 15 is 0 Å². The molecular weight excluding hydrogens is 166 g/mol. The Morgan fingerprint density at radius 1 is 1.64 bits per heavy atom. The fraction of sp³-hybridized carbons (Fsp3) is 0.800. The first-order chi connectivity index (χ1) is 4.95. The summed E-state index contributed by atoms with van der Waals surface area (Å²) in [5, 5.41) is 8.38. The summed E-state index contributed by atoms with van der Waals surface area (Å²) in [6, 6.07) is 1.17. The van der Waals surface area contributed by atoms with E-state index in [4.69, 9.17) is 5.26 Å². The molecule has 0 heterocycles. The molecule has 0 bridgehead atoms. The van der Waals surface area contributed by atoms with Gasteiger partial charge >= 0.3 is 0 Å². The minimum atomic E-state index is -3.45. The molecule has 0 aromatic rings. The van der Waals surface area contributed by atoms with Crippen LogP contribution in [-0.4, -0.2) is 32.9 Å². The van der Waals surface area contributed by atoms with Crippen LogP contribution in [0.5, 0.6) is 0 Å². The maximum Gasteiger partial charge on any atom is 0.280 e. The predicted molar refractivity (Wildman–Crippen MR) is 40.8 cm³/mol. The molecule has 0 aliphatic heterocycles. The highest BCUT2D eigenvalue weighted by molar-refractivity contribution is 7.87. The normalized spacial score (nSPS) is 14.5. The predicted octanol–water partition coefficient (Wildman–Crippen LogP) is -0.706. The van der Waals surface area contributed by atoms with E-state index in [1.165, 1.54) is 21.0 Å². The Labute approximate surface area is 66.8 Å². The summed E-state index contributed by atoms with van der Waals surface area (Å²) in [4.78, 5) is 0. The van der Waals surface area contributed by atoms with Crippen LogP contribution in [0, 0.1) is 11.3 Å². The summed E-state index contributed by atoms with van der Waals surface area (Å²) in [5.41, 5.74) is 0. The van der Waals surface area contributed by atoms with E-state index in [-0.39, 0.29) is 0 Å². The van der Waals surface area contributed by atoms with Crippen LogP contribution in [-0.2, 0) is 10.2 Å². The lowest BCUT2D eigenvalue weighted by Gasteiger charge is -2.17. The Morgan fingerprint density at radius 3 is 2.36 bits per heavy atom. The van der Waals surface area contributed by atoms with Crippen molar-refractivity contribution in [3.05, 3.63) is 0 Å². The molecule has 64 valence electrons. The highest BCUT2D eigenvalue weighted by atomic mass is 32.2. The standard InChI is InChI=1S/C5H11N3O2S/c1-5(4-6)8(3)11(9,10)7-2/h5,7H,1-3H3. The van der Waals surface area contributed by atoms with E-state index in [1.54, 1.807) is 0 Å². The lowest BCUT2D eigenvalue weighted by atomic mass is 10.4. The van der Waals surface area contributed by atoms with E-state index in [0.717, 1.165) is 4.31 Å². The van der Waals surface area contributed by atoms with Crippen molar-refractivity contribution in [2.24, 2.45) is 0 Å².